The number of ether oxygens (including phenoxy) is 6. The van der Waals surface area contributed by atoms with Crippen molar-refractivity contribution in [2.75, 3.05) is 88.6 Å². The van der Waals surface area contributed by atoms with Crippen LogP contribution >= 0.6 is 39.1 Å². The van der Waals surface area contributed by atoms with Crippen molar-refractivity contribution in [1.82, 2.24) is 74.9 Å². The van der Waals surface area contributed by atoms with Gasteiger partial charge in [0.15, 0.2) is 11.6 Å². The molecule has 0 saturated heterocycles. The summed E-state index contributed by atoms with van der Waals surface area (Å²) in [5.74, 6) is 2.24. The molecule has 0 atom stereocenters. The van der Waals surface area contributed by atoms with E-state index in [1.54, 1.807) is 97.6 Å². The van der Waals surface area contributed by atoms with Gasteiger partial charge in [0.05, 0.1) is 54.0 Å². The quantitative estimate of drug-likeness (QED) is 0.0332. The summed E-state index contributed by atoms with van der Waals surface area (Å²) in [5, 5.41) is 31.5. The van der Waals surface area contributed by atoms with Crippen molar-refractivity contribution in [3.63, 3.8) is 0 Å². The number of hydrogen-bond acceptors (Lipinski definition) is 25. The number of alkyl carbamates (subject to hydrolysis) is 1. The number of carbonyl (C=O) groups is 6. The molecular formula is C63H73BBrCl2N19O14. The van der Waals surface area contributed by atoms with Gasteiger partial charge in [0.1, 0.15) is 34.7 Å². The van der Waals surface area contributed by atoms with Gasteiger partial charge in [0, 0.05) is 114 Å². The molecule has 0 fully saturated rings. The lowest BCUT2D eigenvalue weighted by Gasteiger charge is -2.03. The van der Waals surface area contributed by atoms with Crippen molar-refractivity contribution in [3.8, 4) is 57.0 Å². The van der Waals surface area contributed by atoms with Crippen LogP contribution in [0, 0.1) is 0 Å². The summed E-state index contributed by atoms with van der Waals surface area (Å²) in [4.78, 5) is 101. The number of fused-ring (bicyclic) bond motifs is 2. The standard InChI is InChI=1S/C16H17N5O2.C16H16N4O3.C11H11N3O.C5H7BN2O3.C5H5BrN2.C5H9ClN2O2.C5H8ClNO3/c1-3-17-16(22)20-13-10-21-7-6-11(8-14(21)19-13)12-4-5-15(23-2)18-9-12;1-3-23-16(21)19-13-10-20-7-6-11(8-14(20)18-13)12-4-5-15(22-2)17-9-12;1-15-11-3-2-9(7-14-11)8-4-5-13-10(12)6-8;1-11-5-7-2-4(3-8-5)6(9)10;6-4-1-2-8-5(7)3-4;1-2-7-5(10)8-4(9)3-6;1-2-10-5(9)7-4(8)3-6/h4-10H,3H2,1-2H3,(H2,17,20,22);4-10H,3H2,1-2H3,(H,19,21);2-7H,1H3,(H2,12,13);2-3,9-10H,1H3;1-3H,(H2,7,8);2-3H2,1H3,(H2,7,8,9,10);2-3H2,1H3,(H,7,8,9). The van der Waals surface area contributed by atoms with Gasteiger partial charge in [-0.05, 0) is 111 Å². The van der Waals surface area contributed by atoms with Crippen molar-refractivity contribution in [3.05, 3.63) is 158 Å². The van der Waals surface area contributed by atoms with Crippen LogP contribution in [0.5, 0.6) is 23.7 Å². The van der Waals surface area contributed by atoms with E-state index in [4.69, 9.17) is 63.7 Å². The Morgan fingerprint density at radius 2 is 0.950 bits per heavy atom. The van der Waals surface area contributed by atoms with Gasteiger partial charge in [-0.15, -0.1) is 23.2 Å². The third kappa shape index (κ3) is 29.4. The van der Waals surface area contributed by atoms with Crippen molar-refractivity contribution >= 4 is 122 Å². The van der Waals surface area contributed by atoms with Crippen molar-refractivity contribution in [2.45, 2.75) is 27.7 Å². The fraction of sp³-hybridized carbons (Fsp3) is 0.222. The highest BCUT2D eigenvalue weighted by Gasteiger charge is 2.13. The Labute approximate surface area is 592 Å². The van der Waals surface area contributed by atoms with E-state index in [0.717, 1.165) is 43.5 Å². The minimum atomic E-state index is -1.53. The largest absolute Gasteiger partial charge is 0.491 e. The molecule has 10 rings (SSSR count). The molecule has 0 aliphatic heterocycles. The molecule has 0 aromatic carbocycles. The smallest absolute Gasteiger partial charge is 0.481 e. The van der Waals surface area contributed by atoms with Gasteiger partial charge in [-0.3, -0.25) is 30.9 Å². The number of imide groups is 2. The van der Waals surface area contributed by atoms with E-state index in [0.29, 0.717) is 66.3 Å². The minimum absolute atomic E-state index is 0.197. The SMILES string of the molecule is CCNC(=O)NC(=O)CCl.CCNC(=O)Nc1cn2ccc(-c3ccc(OC)nc3)cc2n1.CCOC(=O)NC(=O)CCl.CCOC(=O)Nc1cn2ccc(-c3ccc(OC)nc3)cc2n1.COc1ccc(-c2ccnc(N)c2)cn1.COc1ncc(B(O)O)cn1.Nc1cc(Br)ccn1. The predicted molar refractivity (Wildman–Crippen MR) is 380 cm³/mol. The molecule has 0 bridgehead atoms. The molecule has 100 heavy (non-hydrogen) atoms. The Bertz CT molecular complexity index is 3980. The maximum absolute atomic E-state index is 11.5. The molecule has 33 nitrogen and oxygen atoms in total. The van der Waals surface area contributed by atoms with E-state index in [1.165, 1.54) is 19.5 Å². The first kappa shape index (κ1) is 80.9. The van der Waals surface area contributed by atoms with E-state index < -0.39 is 37.2 Å². The van der Waals surface area contributed by atoms with Crippen LogP contribution in [-0.2, 0) is 19.1 Å². The number of imidazole rings is 2. The lowest BCUT2D eigenvalue weighted by Crippen LogP contribution is -2.39. The first-order valence-electron chi connectivity index (χ1n) is 29.6. The maximum Gasteiger partial charge on any atom is 0.491 e. The van der Waals surface area contributed by atoms with Crippen LogP contribution in [-0.4, -0.2) is 173 Å². The monoisotopic (exact) mass is 1480 g/mol. The number of methoxy groups -OCH3 is 4. The molecule has 10 aromatic rings. The van der Waals surface area contributed by atoms with Gasteiger partial charge in [0.2, 0.25) is 29.5 Å². The van der Waals surface area contributed by atoms with Gasteiger partial charge in [-0.25, -0.2) is 64.0 Å². The van der Waals surface area contributed by atoms with Crippen LogP contribution in [0.25, 0.3) is 44.7 Å². The number of amides is 8. The molecule has 10 heterocycles. The molecule has 0 radical (unpaired) electrons. The molecule has 12 N–H and O–H groups in total. The molecule has 0 aliphatic rings. The zero-order valence-corrected chi connectivity index (χ0v) is 58.4. The first-order valence-corrected chi connectivity index (χ1v) is 31.4. The Morgan fingerprint density at radius 3 is 1.34 bits per heavy atom. The number of nitrogens with one attached hydrogen (secondary N) is 6. The van der Waals surface area contributed by atoms with Gasteiger partial charge in [-0.1, -0.05) is 15.9 Å². The average molecular weight is 1480 g/mol. The first-order chi connectivity index (χ1) is 48.1. The normalized spacial score (nSPS) is 9.81. The highest BCUT2D eigenvalue weighted by atomic mass is 79.9. The van der Waals surface area contributed by atoms with E-state index in [2.05, 4.69) is 91.5 Å². The number of halogens is 3. The molecule has 10 aromatic heterocycles. The molecule has 0 aliphatic carbocycles. The molecular weight excluding hydrogens is 1410 g/mol. The number of rotatable bonds is 16. The van der Waals surface area contributed by atoms with Crippen molar-refractivity contribution in [2.24, 2.45) is 0 Å². The van der Waals surface area contributed by atoms with Gasteiger partial charge >= 0.3 is 37.4 Å². The number of urea groups is 2. The highest BCUT2D eigenvalue weighted by molar-refractivity contribution is 9.10. The number of nitrogens with two attached hydrogens (primary N) is 2. The van der Waals surface area contributed by atoms with E-state index in [1.807, 2.05) is 112 Å². The number of hydrogen-bond donors (Lipinski definition) is 10. The second kappa shape index (κ2) is 44.3. The number of nitrogen functional groups attached to an aromatic ring is 2. The maximum atomic E-state index is 11.5. The molecule has 0 saturated carbocycles. The fourth-order valence-corrected chi connectivity index (χ4v) is 7.83. The fourth-order valence-electron chi connectivity index (χ4n) is 7.34. The zero-order chi connectivity index (χ0) is 73.4. The van der Waals surface area contributed by atoms with Crippen LogP contribution in [0.1, 0.15) is 27.7 Å². The zero-order valence-electron chi connectivity index (χ0n) is 55.3. The van der Waals surface area contributed by atoms with E-state index in [9.17, 15) is 28.8 Å². The summed E-state index contributed by atoms with van der Waals surface area (Å²) >= 11 is 13.4. The third-order valence-corrected chi connectivity index (χ3v) is 12.8. The van der Waals surface area contributed by atoms with Crippen LogP contribution in [0.15, 0.2) is 158 Å². The number of carbonyl (C=O) groups excluding carboxylic acids is 6. The summed E-state index contributed by atoms with van der Waals surface area (Å²) in [6, 6.07) is 25.7. The van der Waals surface area contributed by atoms with Crippen molar-refractivity contribution in [1.29, 1.82) is 0 Å². The van der Waals surface area contributed by atoms with E-state index in [-0.39, 0.29) is 35.9 Å². The van der Waals surface area contributed by atoms with Gasteiger partial charge < -0.3 is 69.4 Å². The van der Waals surface area contributed by atoms with Crippen LogP contribution in [0.3, 0.4) is 0 Å². The van der Waals surface area contributed by atoms with Crippen LogP contribution in [0.2, 0.25) is 0 Å². The van der Waals surface area contributed by atoms with E-state index >= 15 is 0 Å². The second-order valence-corrected chi connectivity index (χ2v) is 20.4. The van der Waals surface area contributed by atoms with Crippen LogP contribution in [0.4, 0.5) is 42.4 Å². The number of nitrogens with zero attached hydrogens (tertiary/aromatic N) is 11. The van der Waals surface area contributed by atoms with Gasteiger partial charge in [0.25, 0.3) is 0 Å². The van der Waals surface area contributed by atoms with Crippen molar-refractivity contribution < 1.29 is 67.2 Å². The molecule has 528 valence electrons. The Hall–Kier alpha value is -11.5. The average Bonchev–Trinajstić information content (AvgIpc) is 1.65. The summed E-state index contributed by atoms with van der Waals surface area (Å²) < 4.78 is 33.6. The second-order valence-electron chi connectivity index (χ2n) is 18.9. The number of aromatic nitrogens is 11. The number of alkyl halides is 2. The Kier molecular flexibility index (Phi) is 35.9. The lowest BCUT2D eigenvalue weighted by atomic mass is 9.83. The predicted octanol–water partition coefficient (Wildman–Crippen LogP) is 7.41. The third-order valence-electron chi connectivity index (χ3n) is 11.8. The summed E-state index contributed by atoms with van der Waals surface area (Å²) in [6.45, 7) is 8.61. The van der Waals surface area contributed by atoms with Crippen LogP contribution < -0.4 is 67.8 Å². The number of anilines is 4. The molecule has 8 amide bonds. The minimum Gasteiger partial charge on any atom is -0.481 e. The highest BCUT2D eigenvalue weighted by Crippen LogP contribution is 2.25. The Morgan fingerprint density at radius 1 is 0.510 bits per heavy atom. The topological polar surface area (TPSA) is 447 Å². The molecule has 0 unspecified atom stereocenters. The molecule has 37 heteroatoms. The summed E-state index contributed by atoms with van der Waals surface area (Å²) in [7, 11) is 4.66. The lowest BCUT2D eigenvalue weighted by molar-refractivity contribution is -0.118. The number of pyridine rings is 7. The Balaban J connectivity index is 0.000000257. The molecule has 0 spiro atoms. The summed E-state index contributed by atoms with van der Waals surface area (Å²) in [6.07, 6.45) is 17.1. The van der Waals surface area contributed by atoms with Gasteiger partial charge in [-0.2, -0.15) is 0 Å². The summed E-state index contributed by atoms with van der Waals surface area (Å²) in [5.41, 5.74) is 18.5.